The number of nitrogens with zero attached hydrogens (tertiary/aromatic N) is 2. The molecule has 1 heterocycles. The predicted octanol–water partition coefficient (Wildman–Crippen LogP) is 3.44. The minimum absolute atomic E-state index is 0.265. The van der Waals surface area contributed by atoms with Gasteiger partial charge in [-0.15, -0.1) is 0 Å². The molecule has 4 nitrogen and oxygen atoms in total. The predicted molar refractivity (Wildman–Crippen MR) is 74.4 cm³/mol. The van der Waals surface area contributed by atoms with Crippen molar-refractivity contribution < 1.29 is 8.91 Å². The first-order valence-electron chi connectivity index (χ1n) is 6.47. The van der Waals surface area contributed by atoms with E-state index in [4.69, 9.17) is 10.3 Å². The number of fused-ring (bicyclic) bond motifs is 1. The smallest absolute Gasteiger partial charge is 0.243 e. The van der Waals surface area contributed by atoms with Crippen LogP contribution < -0.4 is 5.73 Å². The second kappa shape index (κ2) is 5.02. The van der Waals surface area contributed by atoms with Gasteiger partial charge in [-0.05, 0) is 23.9 Å². The van der Waals surface area contributed by atoms with Crippen molar-refractivity contribution in [2.75, 3.05) is 0 Å². The van der Waals surface area contributed by atoms with Crippen molar-refractivity contribution in [2.24, 2.45) is 5.73 Å². The highest BCUT2D eigenvalue weighted by Crippen LogP contribution is 2.29. The third-order valence-corrected chi connectivity index (χ3v) is 3.31. The fourth-order valence-corrected chi connectivity index (χ4v) is 2.13. The monoisotopic (exact) mass is 271 g/mol. The average Bonchev–Trinajstić information content (AvgIpc) is 2.97. The molecule has 0 aliphatic rings. The normalized spacial score (nSPS) is 12.8. The molecule has 5 heteroatoms. The van der Waals surface area contributed by atoms with Crippen LogP contribution in [0.1, 0.15) is 25.3 Å². The minimum Gasteiger partial charge on any atom is -0.337 e. The third-order valence-electron chi connectivity index (χ3n) is 3.31. The summed E-state index contributed by atoms with van der Waals surface area (Å²) in [5, 5.41) is 5.24. The Morgan fingerprint density at radius 2 is 1.95 bits per heavy atom. The number of benzene rings is 2. The first-order valence-corrected chi connectivity index (χ1v) is 6.47. The lowest BCUT2D eigenvalue weighted by Crippen LogP contribution is -2.08. The molecular weight excluding hydrogens is 257 g/mol. The van der Waals surface area contributed by atoms with Crippen molar-refractivity contribution >= 4 is 10.8 Å². The van der Waals surface area contributed by atoms with Crippen LogP contribution in [0.5, 0.6) is 0 Å². The summed E-state index contributed by atoms with van der Waals surface area (Å²) < 4.78 is 19.0. The first kappa shape index (κ1) is 12.7. The van der Waals surface area contributed by atoms with Crippen LogP contribution in [0.25, 0.3) is 22.2 Å². The molecule has 0 saturated heterocycles. The van der Waals surface area contributed by atoms with E-state index in [2.05, 4.69) is 10.1 Å². The maximum absolute atomic E-state index is 13.8. The number of halogens is 1. The highest BCUT2D eigenvalue weighted by atomic mass is 19.1. The van der Waals surface area contributed by atoms with Crippen LogP contribution in [0, 0.1) is 5.82 Å². The van der Waals surface area contributed by atoms with Gasteiger partial charge >= 0.3 is 0 Å². The lowest BCUT2D eigenvalue weighted by molar-refractivity contribution is 0.352. The van der Waals surface area contributed by atoms with Crippen molar-refractivity contribution in [3.8, 4) is 11.4 Å². The molecule has 0 amide bonds. The molecule has 0 bridgehead atoms. The Bertz CT molecular complexity index is 754. The van der Waals surface area contributed by atoms with Crippen molar-refractivity contribution in [3.63, 3.8) is 0 Å². The summed E-state index contributed by atoms with van der Waals surface area (Å²) in [4.78, 5) is 4.31. The maximum Gasteiger partial charge on any atom is 0.243 e. The van der Waals surface area contributed by atoms with E-state index in [0.29, 0.717) is 23.5 Å². The molecule has 0 aliphatic heterocycles. The van der Waals surface area contributed by atoms with E-state index in [9.17, 15) is 4.39 Å². The van der Waals surface area contributed by atoms with Gasteiger partial charge in [-0.2, -0.15) is 4.98 Å². The molecule has 1 unspecified atom stereocenters. The molecule has 3 rings (SSSR count). The molecule has 2 aromatic carbocycles. The largest absolute Gasteiger partial charge is 0.337 e. The molecule has 20 heavy (non-hydrogen) atoms. The Morgan fingerprint density at radius 3 is 2.70 bits per heavy atom. The lowest BCUT2D eigenvalue weighted by atomic mass is 10.0. The molecule has 0 fully saturated rings. The molecule has 3 aromatic rings. The van der Waals surface area contributed by atoms with Gasteiger partial charge in [0.15, 0.2) is 0 Å². The average molecular weight is 271 g/mol. The van der Waals surface area contributed by atoms with E-state index >= 15 is 0 Å². The Balaban J connectivity index is 2.15. The highest BCUT2D eigenvalue weighted by Gasteiger charge is 2.16. The summed E-state index contributed by atoms with van der Waals surface area (Å²) in [5.41, 5.74) is 6.60. The summed E-state index contributed by atoms with van der Waals surface area (Å²) in [6, 6.07) is 10.0. The quantitative estimate of drug-likeness (QED) is 0.792. The zero-order chi connectivity index (χ0) is 14.1. The number of rotatable bonds is 3. The van der Waals surface area contributed by atoms with E-state index in [0.717, 1.165) is 10.9 Å². The van der Waals surface area contributed by atoms with Gasteiger partial charge in [0.25, 0.3) is 0 Å². The fraction of sp³-hybridized carbons (Fsp3) is 0.200. The van der Waals surface area contributed by atoms with Gasteiger partial charge in [-0.3, -0.25) is 0 Å². The van der Waals surface area contributed by atoms with Crippen LogP contribution in [-0.4, -0.2) is 10.1 Å². The zero-order valence-electron chi connectivity index (χ0n) is 11.0. The molecule has 0 radical (unpaired) electrons. The van der Waals surface area contributed by atoms with Crippen LogP contribution in [0.2, 0.25) is 0 Å². The van der Waals surface area contributed by atoms with Crippen molar-refractivity contribution in [1.82, 2.24) is 10.1 Å². The summed E-state index contributed by atoms with van der Waals surface area (Å²) in [5.74, 6) is 0.564. The van der Waals surface area contributed by atoms with Gasteiger partial charge in [0.1, 0.15) is 5.82 Å². The fourth-order valence-electron chi connectivity index (χ4n) is 2.13. The number of aromatic nitrogens is 2. The van der Waals surface area contributed by atoms with E-state index in [1.54, 1.807) is 18.2 Å². The van der Waals surface area contributed by atoms with Gasteiger partial charge in [0, 0.05) is 10.9 Å². The maximum atomic E-state index is 13.8. The molecule has 1 atom stereocenters. The first-order chi connectivity index (χ1) is 9.70. The molecule has 0 aliphatic carbocycles. The van der Waals surface area contributed by atoms with E-state index in [1.807, 2.05) is 19.1 Å². The number of hydrogen-bond acceptors (Lipinski definition) is 4. The Kier molecular flexibility index (Phi) is 3.20. The van der Waals surface area contributed by atoms with Crippen LogP contribution in [0.4, 0.5) is 4.39 Å². The van der Waals surface area contributed by atoms with E-state index in [1.165, 1.54) is 6.07 Å². The molecule has 2 N–H and O–H groups in total. The lowest BCUT2D eigenvalue weighted by Gasteiger charge is -2.03. The van der Waals surface area contributed by atoms with Crippen LogP contribution >= 0.6 is 0 Å². The van der Waals surface area contributed by atoms with Gasteiger partial charge in [-0.25, -0.2) is 4.39 Å². The van der Waals surface area contributed by atoms with Gasteiger partial charge in [0.05, 0.1) is 6.04 Å². The molecule has 0 spiro atoms. The van der Waals surface area contributed by atoms with Gasteiger partial charge < -0.3 is 10.3 Å². The Labute approximate surface area is 115 Å². The topological polar surface area (TPSA) is 64.9 Å². The summed E-state index contributed by atoms with van der Waals surface area (Å²) >= 11 is 0. The minimum atomic E-state index is -0.275. The molecule has 102 valence electrons. The number of hydrogen-bond donors (Lipinski definition) is 1. The summed E-state index contributed by atoms with van der Waals surface area (Å²) in [6.07, 6.45) is 0.714. The molecule has 1 aromatic heterocycles. The van der Waals surface area contributed by atoms with Crippen molar-refractivity contribution in [2.45, 2.75) is 19.4 Å². The molecular formula is C15H14FN3O. The number of nitrogens with two attached hydrogens (primary N) is 1. The SMILES string of the molecule is CCC(N)c1nc(-c2ccc(F)c3ccccc23)no1. The van der Waals surface area contributed by atoms with E-state index < -0.39 is 0 Å². The standard InChI is InChI=1S/C15H14FN3O/c1-2-13(17)15-18-14(19-20-15)11-7-8-12(16)10-6-4-3-5-9(10)11/h3-8,13H,2,17H2,1H3. The summed E-state index contributed by atoms with van der Waals surface area (Å²) in [6.45, 7) is 1.95. The van der Waals surface area contributed by atoms with Crippen LogP contribution in [0.15, 0.2) is 40.9 Å². The summed E-state index contributed by atoms with van der Waals surface area (Å²) in [7, 11) is 0. The second-order valence-corrected chi connectivity index (χ2v) is 4.61. The second-order valence-electron chi connectivity index (χ2n) is 4.61. The Morgan fingerprint density at radius 1 is 1.20 bits per heavy atom. The van der Waals surface area contributed by atoms with Gasteiger partial charge in [-0.1, -0.05) is 36.3 Å². The van der Waals surface area contributed by atoms with Crippen molar-refractivity contribution in [3.05, 3.63) is 48.1 Å². The Hall–Kier alpha value is -2.27. The third kappa shape index (κ3) is 2.06. The van der Waals surface area contributed by atoms with E-state index in [-0.39, 0.29) is 11.9 Å². The van der Waals surface area contributed by atoms with Crippen LogP contribution in [0.3, 0.4) is 0 Å². The van der Waals surface area contributed by atoms with Crippen molar-refractivity contribution in [1.29, 1.82) is 0 Å². The molecule has 0 saturated carbocycles. The highest BCUT2D eigenvalue weighted by molar-refractivity contribution is 5.95. The van der Waals surface area contributed by atoms with Crippen LogP contribution in [-0.2, 0) is 0 Å². The zero-order valence-corrected chi connectivity index (χ0v) is 11.0. The van der Waals surface area contributed by atoms with Gasteiger partial charge in [0.2, 0.25) is 11.7 Å².